The van der Waals surface area contributed by atoms with Gasteiger partial charge < -0.3 is 20.9 Å². The van der Waals surface area contributed by atoms with Gasteiger partial charge in [0.1, 0.15) is 5.66 Å². The van der Waals surface area contributed by atoms with E-state index in [2.05, 4.69) is 93.2 Å². The summed E-state index contributed by atoms with van der Waals surface area (Å²) in [5.74, 6) is 0. The first-order chi connectivity index (χ1) is 17.1. The number of hydrogen-bond acceptors (Lipinski definition) is 6. The van der Waals surface area contributed by atoms with Crippen molar-refractivity contribution in [1.82, 2.24) is 20.5 Å². The number of hydrogen-bond donors (Lipinski definition) is 4. The number of aromatic amines is 1. The number of pyridine rings is 1. The van der Waals surface area contributed by atoms with E-state index < -0.39 is 5.66 Å². The standard InChI is InChI=1S/C28H33N7/c1-4-29-15-20-16-30-17-22(18(20)2)19-10-11-23-21(14-19)27(34-33-23)28(3)31-24-8-7-9-25(26(24)32-28)35-12-5-6-13-35/h7-11,14,16-17,29,31-32H,4-6,12-13,15H2,1-3H3,(H,33,34). The molecule has 2 aromatic heterocycles. The molecule has 0 radical (unpaired) electrons. The van der Waals surface area contributed by atoms with Gasteiger partial charge in [-0.1, -0.05) is 19.1 Å². The van der Waals surface area contributed by atoms with Gasteiger partial charge in [-0.2, -0.15) is 5.10 Å². The Bertz CT molecular complexity index is 1390. The first kappa shape index (κ1) is 21.9. The van der Waals surface area contributed by atoms with Crippen LogP contribution >= 0.6 is 0 Å². The lowest BCUT2D eigenvalue weighted by Gasteiger charge is -2.26. The Kier molecular flexibility index (Phi) is 5.37. The number of H-pyrrole nitrogens is 1. The second-order valence-electron chi connectivity index (χ2n) is 9.85. The van der Waals surface area contributed by atoms with E-state index in [1.54, 1.807) is 0 Å². The lowest BCUT2D eigenvalue weighted by molar-refractivity contribution is 0.628. The van der Waals surface area contributed by atoms with Gasteiger partial charge in [0, 0.05) is 43.0 Å². The Labute approximate surface area is 206 Å². The van der Waals surface area contributed by atoms with Gasteiger partial charge in [0.05, 0.1) is 28.3 Å². The van der Waals surface area contributed by atoms with Gasteiger partial charge in [-0.25, -0.2) is 0 Å². The van der Waals surface area contributed by atoms with Gasteiger partial charge in [-0.15, -0.1) is 0 Å². The summed E-state index contributed by atoms with van der Waals surface area (Å²) in [6, 6.07) is 13.0. The Balaban J connectivity index is 1.38. The lowest BCUT2D eigenvalue weighted by Crippen LogP contribution is -2.36. The average Bonchev–Trinajstić information content (AvgIpc) is 3.61. The van der Waals surface area contributed by atoms with Crippen LogP contribution < -0.4 is 20.9 Å². The van der Waals surface area contributed by atoms with Gasteiger partial charge in [0.15, 0.2) is 0 Å². The smallest absolute Gasteiger partial charge is 0.149 e. The summed E-state index contributed by atoms with van der Waals surface area (Å²) in [6.45, 7) is 10.5. The third-order valence-corrected chi connectivity index (χ3v) is 7.50. The number of para-hydroxylation sites is 1. The van der Waals surface area contributed by atoms with Gasteiger partial charge in [0.2, 0.25) is 0 Å². The van der Waals surface area contributed by atoms with Crippen LogP contribution in [0.5, 0.6) is 0 Å². The van der Waals surface area contributed by atoms with E-state index in [0.29, 0.717) is 0 Å². The number of fused-ring (bicyclic) bond motifs is 2. The molecule has 1 saturated heterocycles. The SMILES string of the molecule is CCNCc1cncc(-c2ccc3n[nH]c(C4(C)Nc5cccc(N6CCCC6)c5N4)c3c2)c1C. The topological polar surface area (TPSA) is 80.9 Å². The summed E-state index contributed by atoms with van der Waals surface area (Å²) in [7, 11) is 0. The first-order valence-corrected chi connectivity index (χ1v) is 12.6. The second kappa shape index (κ2) is 8.57. The lowest BCUT2D eigenvalue weighted by atomic mass is 9.96. The van der Waals surface area contributed by atoms with E-state index in [9.17, 15) is 0 Å². The fraction of sp³-hybridized carbons (Fsp3) is 0.357. The van der Waals surface area contributed by atoms with Gasteiger partial charge in [0.25, 0.3) is 0 Å². The molecule has 0 amide bonds. The van der Waals surface area contributed by atoms with Crippen molar-refractivity contribution in [2.24, 2.45) is 0 Å². The molecule has 0 bridgehead atoms. The summed E-state index contributed by atoms with van der Waals surface area (Å²) in [6.07, 6.45) is 6.45. The summed E-state index contributed by atoms with van der Waals surface area (Å²) in [4.78, 5) is 7.02. The summed E-state index contributed by atoms with van der Waals surface area (Å²) >= 11 is 0. The maximum atomic E-state index is 4.65. The van der Waals surface area contributed by atoms with Crippen LogP contribution in [0.3, 0.4) is 0 Å². The minimum Gasteiger partial charge on any atom is -0.370 e. The number of benzene rings is 2. The third-order valence-electron chi connectivity index (χ3n) is 7.50. The van der Waals surface area contributed by atoms with Gasteiger partial charge >= 0.3 is 0 Å². The van der Waals surface area contributed by atoms with Crippen molar-refractivity contribution in [1.29, 1.82) is 0 Å². The van der Waals surface area contributed by atoms with Crippen LogP contribution in [0.2, 0.25) is 0 Å². The molecule has 0 aliphatic carbocycles. The van der Waals surface area contributed by atoms with Gasteiger partial charge in [-0.3, -0.25) is 10.1 Å². The molecular weight excluding hydrogens is 434 g/mol. The first-order valence-electron chi connectivity index (χ1n) is 12.6. The van der Waals surface area contributed by atoms with Crippen LogP contribution in [0, 0.1) is 6.92 Å². The molecule has 35 heavy (non-hydrogen) atoms. The number of nitrogens with one attached hydrogen (secondary N) is 4. The molecule has 1 atom stereocenters. The molecule has 1 fully saturated rings. The Morgan fingerprint density at radius 1 is 1.09 bits per heavy atom. The minimum atomic E-state index is -0.494. The molecule has 180 valence electrons. The van der Waals surface area contributed by atoms with Crippen molar-refractivity contribution in [3.05, 3.63) is 65.6 Å². The fourth-order valence-corrected chi connectivity index (χ4v) is 5.53. The van der Waals surface area contributed by atoms with Crippen molar-refractivity contribution < 1.29 is 0 Å². The number of anilines is 3. The molecule has 7 nitrogen and oxygen atoms in total. The third kappa shape index (κ3) is 3.71. The monoisotopic (exact) mass is 467 g/mol. The van der Waals surface area contributed by atoms with Crippen LogP contribution in [0.15, 0.2) is 48.8 Å². The van der Waals surface area contributed by atoms with Crippen LogP contribution in [-0.4, -0.2) is 34.8 Å². The molecule has 2 aliphatic rings. The molecule has 4 heterocycles. The van der Waals surface area contributed by atoms with Crippen molar-refractivity contribution in [2.45, 2.75) is 45.8 Å². The highest BCUT2D eigenvalue weighted by Gasteiger charge is 2.38. The number of rotatable bonds is 6. The quantitative estimate of drug-likeness (QED) is 0.306. The molecule has 1 unspecified atom stereocenters. The highest BCUT2D eigenvalue weighted by atomic mass is 15.3. The maximum absolute atomic E-state index is 4.65. The largest absolute Gasteiger partial charge is 0.370 e. The van der Waals surface area contributed by atoms with E-state index in [-0.39, 0.29) is 0 Å². The molecule has 4 aromatic rings. The summed E-state index contributed by atoms with van der Waals surface area (Å²) in [5, 5.41) is 20.1. The Morgan fingerprint density at radius 3 is 2.77 bits per heavy atom. The van der Waals surface area contributed by atoms with E-state index in [4.69, 9.17) is 0 Å². The number of nitrogens with zero attached hydrogens (tertiary/aromatic N) is 3. The Morgan fingerprint density at radius 2 is 1.94 bits per heavy atom. The number of aromatic nitrogens is 3. The van der Waals surface area contributed by atoms with Crippen LogP contribution in [0.4, 0.5) is 17.1 Å². The van der Waals surface area contributed by atoms with Crippen LogP contribution in [0.1, 0.15) is 43.5 Å². The predicted octanol–water partition coefficient (Wildman–Crippen LogP) is 5.35. The molecule has 7 heteroatoms. The second-order valence-corrected chi connectivity index (χ2v) is 9.85. The average molecular weight is 468 g/mol. The highest BCUT2D eigenvalue weighted by molar-refractivity contribution is 5.92. The maximum Gasteiger partial charge on any atom is 0.149 e. The van der Waals surface area contributed by atoms with Gasteiger partial charge in [-0.05, 0) is 74.2 Å². The predicted molar refractivity (Wildman–Crippen MR) is 144 cm³/mol. The molecule has 0 saturated carbocycles. The minimum absolute atomic E-state index is 0.494. The van der Waals surface area contributed by atoms with Crippen molar-refractivity contribution in [2.75, 3.05) is 35.2 Å². The molecule has 2 aliphatic heterocycles. The summed E-state index contributed by atoms with van der Waals surface area (Å²) in [5.41, 5.74) is 9.88. The van der Waals surface area contributed by atoms with E-state index in [0.717, 1.165) is 59.6 Å². The van der Waals surface area contributed by atoms with Crippen molar-refractivity contribution >= 4 is 28.0 Å². The molecule has 6 rings (SSSR count). The van der Waals surface area contributed by atoms with Crippen molar-refractivity contribution in [3.63, 3.8) is 0 Å². The van der Waals surface area contributed by atoms with E-state index in [1.807, 2.05) is 12.4 Å². The summed E-state index contributed by atoms with van der Waals surface area (Å²) < 4.78 is 0. The zero-order valence-electron chi connectivity index (χ0n) is 20.7. The zero-order valence-corrected chi connectivity index (χ0v) is 20.7. The molecular formula is C28H33N7. The van der Waals surface area contributed by atoms with Crippen molar-refractivity contribution in [3.8, 4) is 11.1 Å². The molecule has 0 spiro atoms. The van der Waals surface area contributed by atoms with Crippen LogP contribution in [-0.2, 0) is 12.2 Å². The Hall–Kier alpha value is -3.58. The zero-order chi connectivity index (χ0) is 24.0. The normalized spacial score (nSPS) is 19.1. The fourth-order valence-electron chi connectivity index (χ4n) is 5.53. The van der Waals surface area contributed by atoms with E-state index >= 15 is 0 Å². The van der Waals surface area contributed by atoms with Crippen LogP contribution in [0.25, 0.3) is 22.0 Å². The molecule has 4 N–H and O–H groups in total. The highest BCUT2D eigenvalue weighted by Crippen LogP contribution is 2.46. The molecule has 2 aromatic carbocycles. The van der Waals surface area contributed by atoms with E-state index in [1.165, 1.54) is 35.3 Å².